The SMILES string of the molecule is CCCCCCCCCCCCCCOc1ccc(COC(=O)N(Cc2cc[n+](C)cc2)C(=O)c2ccccc2OC)cc1OC. The fourth-order valence-electron chi connectivity index (χ4n) is 5.28. The first kappa shape index (κ1) is 36.4. The molecule has 0 fully saturated rings. The molecule has 46 heavy (non-hydrogen) atoms. The molecule has 1 aromatic heterocycles. The molecular formula is C38H53N2O6+. The van der Waals surface area contributed by atoms with Crippen LogP contribution in [-0.4, -0.2) is 37.7 Å². The van der Waals surface area contributed by atoms with Gasteiger partial charge in [0.1, 0.15) is 19.4 Å². The number of methoxy groups -OCH3 is 2. The predicted molar refractivity (Wildman–Crippen MR) is 180 cm³/mol. The molecule has 0 aliphatic rings. The molecule has 0 radical (unpaired) electrons. The summed E-state index contributed by atoms with van der Waals surface area (Å²) < 4.78 is 24.5. The van der Waals surface area contributed by atoms with E-state index in [2.05, 4.69) is 6.92 Å². The number of pyridine rings is 1. The minimum atomic E-state index is -0.754. The summed E-state index contributed by atoms with van der Waals surface area (Å²) in [6.45, 7) is 2.90. The van der Waals surface area contributed by atoms with E-state index < -0.39 is 12.0 Å². The second-order valence-corrected chi connectivity index (χ2v) is 11.7. The minimum Gasteiger partial charge on any atom is -0.496 e. The summed E-state index contributed by atoms with van der Waals surface area (Å²) in [6, 6.07) is 16.0. The smallest absolute Gasteiger partial charge is 0.417 e. The topological polar surface area (TPSA) is 78.2 Å². The average molecular weight is 634 g/mol. The first-order valence-electron chi connectivity index (χ1n) is 16.8. The van der Waals surface area contributed by atoms with Gasteiger partial charge in [-0.2, -0.15) is 0 Å². The molecule has 0 aliphatic carbocycles. The zero-order valence-electron chi connectivity index (χ0n) is 28.3. The molecule has 8 nitrogen and oxygen atoms in total. The van der Waals surface area contributed by atoms with Crippen molar-refractivity contribution in [2.24, 2.45) is 7.05 Å². The molecule has 0 bridgehead atoms. The summed E-state index contributed by atoms with van der Waals surface area (Å²) in [6.07, 6.45) is 18.5. The summed E-state index contributed by atoms with van der Waals surface area (Å²) in [5.41, 5.74) is 1.79. The van der Waals surface area contributed by atoms with Crippen LogP contribution in [0.5, 0.6) is 17.2 Å². The number of hydrogen-bond acceptors (Lipinski definition) is 6. The molecule has 0 atom stereocenters. The van der Waals surface area contributed by atoms with Crippen molar-refractivity contribution in [3.05, 3.63) is 83.7 Å². The van der Waals surface area contributed by atoms with E-state index in [4.69, 9.17) is 18.9 Å². The lowest BCUT2D eigenvalue weighted by atomic mass is 10.1. The molecule has 0 saturated heterocycles. The van der Waals surface area contributed by atoms with Gasteiger partial charge in [-0.05, 0) is 41.8 Å². The first-order valence-corrected chi connectivity index (χ1v) is 16.8. The van der Waals surface area contributed by atoms with E-state index in [1.807, 2.05) is 48.3 Å². The van der Waals surface area contributed by atoms with E-state index in [0.717, 1.165) is 28.9 Å². The fourth-order valence-corrected chi connectivity index (χ4v) is 5.28. The van der Waals surface area contributed by atoms with Crippen LogP contribution in [0.1, 0.15) is 105 Å². The Kier molecular flexibility index (Phi) is 16.5. The van der Waals surface area contributed by atoms with E-state index in [1.165, 1.54) is 71.3 Å². The zero-order chi connectivity index (χ0) is 33.0. The molecule has 0 N–H and O–H groups in total. The van der Waals surface area contributed by atoms with Gasteiger partial charge >= 0.3 is 6.09 Å². The molecule has 1 heterocycles. The number of carbonyl (C=O) groups is 2. The second-order valence-electron chi connectivity index (χ2n) is 11.7. The Hall–Kier alpha value is -4.07. The Morgan fingerprint density at radius 3 is 1.93 bits per heavy atom. The Bertz CT molecular complexity index is 1330. The standard InChI is InChI=1S/C38H53N2O6/c1-5-6-7-8-9-10-11-12-13-14-15-18-27-45-35-22-21-32(28-36(35)44-4)30-46-38(42)40(29-31-23-25-39(2)26-24-31)37(41)33-19-16-17-20-34(33)43-3/h16-17,19-26,28H,5-15,18,27,29-30H2,1-4H3/q+1. The monoisotopic (exact) mass is 633 g/mol. The number of para-hydroxylation sites is 1. The van der Waals surface area contributed by atoms with Crippen molar-refractivity contribution in [2.75, 3.05) is 20.8 Å². The van der Waals surface area contributed by atoms with Crippen LogP contribution in [0.2, 0.25) is 0 Å². The highest BCUT2D eigenvalue weighted by Gasteiger charge is 2.27. The third kappa shape index (κ3) is 12.4. The van der Waals surface area contributed by atoms with Gasteiger partial charge in [-0.15, -0.1) is 0 Å². The summed E-state index contributed by atoms with van der Waals surface area (Å²) >= 11 is 0. The van der Waals surface area contributed by atoms with Crippen LogP contribution in [0.4, 0.5) is 4.79 Å². The van der Waals surface area contributed by atoms with Crippen molar-refractivity contribution in [1.82, 2.24) is 4.90 Å². The number of ether oxygens (including phenoxy) is 4. The Balaban J connectivity index is 1.49. The number of amides is 2. The lowest BCUT2D eigenvalue weighted by Crippen LogP contribution is -2.37. The third-order valence-corrected chi connectivity index (χ3v) is 8.04. The van der Waals surface area contributed by atoms with Gasteiger partial charge in [0, 0.05) is 12.1 Å². The van der Waals surface area contributed by atoms with Gasteiger partial charge in [-0.1, -0.05) is 95.8 Å². The number of imide groups is 1. The summed E-state index contributed by atoms with van der Waals surface area (Å²) in [4.78, 5) is 28.0. The van der Waals surface area contributed by atoms with Gasteiger partial charge in [0.2, 0.25) is 0 Å². The molecule has 0 saturated carbocycles. The number of carbonyl (C=O) groups excluding carboxylic acids is 2. The minimum absolute atomic E-state index is 0.0341. The number of unbranched alkanes of at least 4 members (excludes halogenated alkanes) is 11. The Morgan fingerprint density at radius 2 is 1.30 bits per heavy atom. The van der Waals surface area contributed by atoms with Gasteiger partial charge in [0.25, 0.3) is 5.91 Å². The van der Waals surface area contributed by atoms with Gasteiger partial charge in [-0.25, -0.2) is 14.3 Å². The molecule has 3 rings (SSSR count). The van der Waals surface area contributed by atoms with Crippen molar-refractivity contribution in [1.29, 1.82) is 0 Å². The highest BCUT2D eigenvalue weighted by Crippen LogP contribution is 2.29. The summed E-state index contributed by atoms with van der Waals surface area (Å²) in [5, 5.41) is 0. The van der Waals surface area contributed by atoms with Crippen molar-refractivity contribution in [2.45, 2.75) is 97.1 Å². The number of rotatable bonds is 21. The van der Waals surface area contributed by atoms with Crippen LogP contribution in [0.25, 0.3) is 0 Å². The number of aryl methyl sites for hydroxylation is 1. The highest BCUT2D eigenvalue weighted by molar-refractivity contribution is 6.04. The van der Waals surface area contributed by atoms with Crippen molar-refractivity contribution >= 4 is 12.0 Å². The Labute approximate surface area is 275 Å². The molecule has 0 unspecified atom stereocenters. The lowest BCUT2D eigenvalue weighted by Gasteiger charge is -2.21. The van der Waals surface area contributed by atoms with Crippen molar-refractivity contribution in [3.63, 3.8) is 0 Å². The zero-order valence-corrected chi connectivity index (χ0v) is 28.3. The second kappa shape index (κ2) is 20.9. The lowest BCUT2D eigenvalue weighted by molar-refractivity contribution is -0.671. The molecule has 0 aliphatic heterocycles. The maximum absolute atomic E-state index is 13.6. The first-order chi connectivity index (χ1) is 22.5. The largest absolute Gasteiger partial charge is 0.496 e. The van der Waals surface area contributed by atoms with Crippen LogP contribution in [-0.2, 0) is 24.9 Å². The highest BCUT2D eigenvalue weighted by atomic mass is 16.6. The number of nitrogens with zero attached hydrogens (tertiary/aromatic N) is 2. The molecule has 2 aromatic carbocycles. The van der Waals surface area contributed by atoms with E-state index in [1.54, 1.807) is 37.4 Å². The van der Waals surface area contributed by atoms with E-state index in [0.29, 0.717) is 23.9 Å². The maximum Gasteiger partial charge on any atom is 0.417 e. The molecule has 3 aromatic rings. The van der Waals surface area contributed by atoms with Gasteiger partial charge in [0.15, 0.2) is 23.9 Å². The van der Waals surface area contributed by atoms with Crippen LogP contribution in [0.15, 0.2) is 67.0 Å². The van der Waals surface area contributed by atoms with Crippen molar-refractivity contribution < 1.29 is 33.1 Å². The quantitative estimate of drug-likeness (QED) is 0.0864. The summed E-state index contributed by atoms with van der Waals surface area (Å²) in [7, 11) is 4.99. The third-order valence-electron chi connectivity index (χ3n) is 8.04. The normalized spacial score (nSPS) is 10.8. The molecular weight excluding hydrogens is 580 g/mol. The Morgan fingerprint density at radius 1 is 0.696 bits per heavy atom. The van der Waals surface area contributed by atoms with Gasteiger partial charge in [-0.3, -0.25) is 4.79 Å². The van der Waals surface area contributed by atoms with Crippen LogP contribution in [0.3, 0.4) is 0 Å². The average Bonchev–Trinajstić information content (AvgIpc) is 3.08. The van der Waals surface area contributed by atoms with E-state index in [9.17, 15) is 9.59 Å². The van der Waals surface area contributed by atoms with Crippen molar-refractivity contribution in [3.8, 4) is 17.2 Å². The predicted octanol–water partition coefficient (Wildman–Crippen LogP) is 8.59. The molecule has 2 amide bonds. The van der Waals surface area contributed by atoms with Crippen LogP contribution < -0.4 is 18.8 Å². The van der Waals surface area contributed by atoms with E-state index in [-0.39, 0.29) is 18.7 Å². The number of benzene rings is 2. The maximum atomic E-state index is 13.6. The van der Waals surface area contributed by atoms with E-state index >= 15 is 0 Å². The summed E-state index contributed by atoms with van der Waals surface area (Å²) in [5.74, 6) is 1.11. The number of hydrogen-bond donors (Lipinski definition) is 0. The molecule has 250 valence electrons. The number of aromatic nitrogens is 1. The molecule has 8 heteroatoms. The van der Waals surface area contributed by atoms with Gasteiger partial charge < -0.3 is 18.9 Å². The molecule has 0 spiro atoms. The fraction of sp³-hybridized carbons (Fsp3) is 0.500. The van der Waals surface area contributed by atoms with Gasteiger partial charge in [0.05, 0.1) is 32.9 Å². The van der Waals surface area contributed by atoms with Crippen LogP contribution >= 0.6 is 0 Å². The van der Waals surface area contributed by atoms with Crippen LogP contribution in [0, 0.1) is 0 Å².